The minimum atomic E-state index is -0.354. The topological polar surface area (TPSA) is 74.2 Å². The molecule has 1 aliphatic carbocycles. The van der Waals surface area contributed by atoms with Crippen LogP contribution >= 0.6 is 0 Å². The lowest BCUT2D eigenvalue weighted by molar-refractivity contribution is -0.0365. The van der Waals surface area contributed by atoms with Crippen LogP contribution < -0.4 is 5.73 Å². The van der Waals surface area contributed by atoms with E-state index in [1.807, 2.05) is 0 Å². The summed E-state index contributed by atoms with van der Waals surface area (Å²) in [5.41, 5.74) is 5.12. The summed E-state index contributed by atoms with van der Waals surface area (Å²) in [7, 11) is 1.73. The highest BCUT2D eigenvalue weighted by Gasteiger charge is 2.37. The maximum Gasteiger partial charge on any atom is 0.240 e. The lowest BCUT2D eigenvalue weighted by Gasteiger charge is -2.27. The Morgan fingerprint density at radius 2 is 2.00 bits per heavy atom. The van der Waals surface area contributed by atoms with Gasteiger partial charge < -0.3 is 15.0 Å². The highest BCUT2D eigenvalue weighted by atomic mass is 16.5. The maximum atomic E-state index is 5.68. The van der Waals surface area contributed by atoms with Gasteiger partial charge in [0.2, 0.25) is 11.7 Å². The van der Waals surface area contributed by atoms with E-state index in [0.717, 1.165) is 25.7 Å². The lowest BCUT2D eigenvalue weighted by atomic mass is 9.93. The SMILES string of the molecule is COC1(c2noc(CN)n2)CCCCCC1. The molecule has 0 radical (unpaired) electrons. The third kappa shape index (κ3) is 2.10. The van der Waals surface area contributed by atoms with Gasteiger partial charge in [-0.3, -0.25) is 0 Å². The molecule has 16 heavy (non-hydrogen) atoms. The van der Waals surface area contributed by atoms with Crippen molar-refractivity contribution < 1.29 is 9.26 Å². The van der Waals surface area contributed by atoms with Crippen molar-refractivity contribution in [2.45, 2.75) is 50.7 Å². The van der Waals surface area contributed by atoms with E-state index in [-0.39, 0.29) is 12.1 Å². The van der Waals surface area contributed by atoms with Crippen LogP contribution in [0.5, 0.6) is 0 Å². The van der Waals surface area contributed by atoms with Crippen molar-refractivity contribution in [1.82, 2.24) is 10.1 Å². The van der Waals surface area contributed by atoms with Gasteiger partial charge in [0.25, 0.3) is 0 Å². The summed E-state index contributed by atoms with van der Waals surface area (Å²) in [5.74, 6) is 1.15. The van der Waals surface area contributed by atoms with Crippen molar-refractivity contribution in [1.29, 1.82) is 0 Å². The van der Waals surface area contributed by atoms with Gasteiger partial charge in [-0.1, -0.05) is 30.8 Å². The summed E-state index contributed by atoms with van der Waals surface area (Å²) in [5, 5.41) is 4.00. The zero-order valence-corrected chi connectivity index (χ0v) is 9.74. The molecular formula is C11H19N3O2. The number of nitrogens with two attached hydrogens (primary N) is 1. The third-order valence-electron chi connectivity index (χ3n) is 3.35. The van der Waals surface area contributed by atoms with Crippen molar-refractivity contribution >= 4 is 0 Å². The fraction of sp³-hybridized carbons (Fsp3) is 0.818. The summed E-state index contributed by atoms with van der Waals surface area (Å²) in [4.78, 5) is 4.31. The van der Waals surface area contributed by atoms with Crippen molar-refractivity contribution in [3.8, 4) is 0 Å². The van der Waals surface area contributed by atoms with Crippen molar-refractivity contribution in [3.05, 3.63) is 11.7 Å². The van der Waals surface area contributed by atoms with Crippen LogP contribution in [0.4, 0.5) is 0 Å². The second-order valence-electron chi connectivity index (χ2n) is 4.33. The van der Waals surface area contributed by atoms with Gasteiger partial charge in [-0.25, -0.2) is 0 Å². The van der Waals surface area contributed by atoms with Crippen LogP contribution in [-0.4, -0.2) is 17.3 Å². The molecule has 1 aliphatic rings. The Morgan fingerprint density at radius 3 is 2.50 bits per heavy atom. The minimum absolute atomic E-state index is 0.285. The Morgan fingerprint density at radius 1 is 1.31 bits per heavy atom. The Hall–Kier alpha value is -0.940. The third-order valence-corrected chi connectivity index (χ3v) is 3.35. The Balaban J connectivity index is 2.24. The van der Waals surface area contributed by atoms with E-state index < -0.39 is 0 Å². The smallest absolute Gasteiger partial charge is 0.240 e. The molecule has 2 N–H and O–H groups in total. The highest BCUT2D eigenvalue weighted by molar-refractivity contribution is 5.02. The number of aromatic nitrogens is 2. The lowest BCUT2D eigenvalue weighted by Crippen LogP contribution is -2.29. The van der Waals surface area contributed by atoms with E-state index in [4.69, 9.17) is 15.0 Å². The summed E-state index contributed by atoms with van der Waals surface area (Å²) < 4.78 is 10.7. The number of nitrogens with zero attached hydrogens (tertiary/aromatic N) is 2. The fourth-order valence-corrected chi connectivity index (χ4v) is 2.34. The zero-order valence-electron chi connectivity index (χ0n) is 9.74. The van der Waals surface area contributed by atoms with Gasteiger partial charge in [0.1, 0.15) is 5.60 Å². The van der Waals surface area contributed by atoms with Crippen LogP contribution in [-0.2, 0) is 16.9 Å². The molecular weight excluding hydrogens is 206 g/mol. The largest absolute Gasteiger partial charge is 0.370 e. The number of methoxy groups -OCH3 is 1. The van der Waals surface area contributed by atoms with E-state index >= 15 is 0 Å². The monoisotopic (exact) mass is 225 g/mol. The van der Waals surface area contributed by atoms with Crippen LogP contribution in [0.15, 0.2) is 4.52 Å². The van der Waals surface area contributed by atoms with Gasteiger partial charge in [0, 0.05) is 7.11 Å². The van der Waals surface area contributed by atoms with Gasteiger partial charge in [0.05, 0.1) is 6.54 Å². The van der Waals surface area contributed by atoms with Gasteiger partial charge >= 0.3 is 0 Å². The van der Waals surface area contributed by atoms with E-state index in [0.29, 0.717) is 11.7 Å². The van der Waals surface area contributed by atoms with Crippen LogP contribution in [0.3, 0.4) is 0 Å². The van der Waals surface area contributed by atoms with E-state index in [1.165, 1.54) is 12.8 Å². The van der Waals surface area contributed by atoms with Gasteiger partial charge in [-0.05, 0) is 12.8 Å². The second kappa shape index (κ2) is 4.93. The number of hydrogen-bond donors (Lipinski definition) is 1. The predicted molar refractivity (Wildman–Crippen MR) is 58.6 cm³/mol. The van der Waals surface area contributed by atoms with Crippen LogP contribution in [0, 0.1) is 0 Å². The van der Waals surface area contributed by atoms with Crippen LogP contribution in [0.1, 0.15) is 50.2 Å². The van der Waals surface area contributed by atoms with Crippen molar-refractivity contribution in [2.24, 2.45) is 5.73 Å². The number of rotatable bonds is 3. The molecule has 0 saturated heterocycles. The summed E-state index contributed by atoms with van der Waals surface area (Å²) in [6.45, 7) is 0.285. The Kier molecular flexibility index (Phi) is 3.56. The quantitative estimate of drug-likeness (QED) is 0.793. The molecule has 1 fully saturated rings. The van der Waals surface area contributed by atoms with Crippen LogP contribution in [0.2, 0.25) is 0 Å². The molecule has 0 aromatic carbocycles. The standard InChI is InChI=1S/C11H19N3O2/c1-15-11(6-4-2-3-5-7-11)10-13-9(8-12)16-14-10/h2-8,12H2,1H3. The zero-order chi connectivity index (χ0) is 11.4. The predicted octanol–water partition coefficient (Wildman–Crippen LogP) is 1.72. The van der Waals surface area contributed by atoms with Gasteiger partial charge in [0.15, 0.2) is 0 Å². The molecule has 1 saturated carbocycles. The highest BCUT2D eigenvalue weighted by Crippen LogP contribution is 2.37. The Bertz CT molecular complexity index is 330. The average Bonchev–Trinajstić information content (AvgIpc) is 2.68. The molecule has 0 atom stereocenters. The molecule has 90 valence electrons. The van der Waals surface area contributed by atoms with Gasteiger partial charge in [-0.2, -0.15) is 4.98 Å². The number of ether oxygens (including phenoxy) is 1. The van der Waals surface area contributed by atoms with E-state index in [2.05, 4.69) is 10.1 Å². The van der Waals surface area contributed by atoms with Crippen LogP contribution in [0.25, 0.3) is 0 Å². The first kappa shape index (κ1) is 11.5. The normalized spacial score (nSPS) is 20.6. The molecule has 0 amide bonds. The fourth-order valence-electron chi connectivity index (χ4n) is 2.34. The minimum Gasteiger partial charge on any atom is -0.370 e. The Labute approximate surface area is 95.3 Å². The summed E-state index contributed by atoms with van der Waals surface area (Å²) in [6, 6.07) is 0. The van der Waals surface area contributed by atoms with Crippen molar-refractivity contribution in [3.63, 3.8) is 0 Å². The van der Waals surface area contributed by atoms with E-state index in [9.17, 15) is 0 Å². The summed E-state index contributed by atoms with van der Waals surface area (Å²) in [6.07, 6.45) is 6.75. The number of hydrogen-bond acceptors (Lipinski definition) is 5. The molecule has 1 aromatic rings. The first-order valence-electron chi connectivity index (χ1n) is 5.89. The molecule has 0 spiro atoms. The molecule has 5 nitrogen and oxygen atoms in total. The molecule has 0 aliphatic heterocycles. The first-order chi connectivity index (χ1) is 7.80. The van der Waals surface area contributed by atoms with E-state index in [1.54, 1.807) is 7.11 Å². The second-order valence-corrected chi connectivity index (χ2v) is 4.33. The average molecular weight is 225 g/mol. The molecule has 0 bridgehead atoms. The molecule has 0 unspecified atom stereocenters. The molecule has 5 heteroatoms. The van der Waals surface area contributed by atoms with Gasteiger partial charge in [-0.15, -0.1) is 0 Å². The molecule has 1 heterocycles. The maximum absolute atomic E-state index is 5.68. The summed E-state index contributed by atoms with van der Waals surface area (Å²) >= 11 is 0. The first-order valence-corrected chi connectivity index (χ1v) is 5.89. The molecule has 2 rings (SSSR count). The molecule has 1 aromatic heterocycles. The van der Waals surface area contributed by atoms with Crippen molar-refractivity contribution in [2.75, 3.05) is 7.11 Å².